The molecule has 3 nitrogen and oxygen atoms in total. The predicted octanol–water partition coefficient (Wildman–Crippen LogP) is 2.24. The molecule has 0 aliphatic heterocycles. The third kappa shape index (κ3) is 2.36. The van der Waals surface area contributed by atoms with E-state index >= 15 is 0 Å². The summed E-state index contributed by atoms with van der Waals surface area (Å²) in [5.41, 5.74) is 0.601. The van der Waals surface area contributed by atoms with Crippen LogP contribution in [0.1, 0.15) is 29.6 Å². The Morgan fingerprint density at radius 1 is 1.33 bits per heavy atom. The summed E-state index contributed by atoms with van der Waals surface area (Å²) < 4.78 is 0. The highest BCUT2D eigenvalue weighted by Crippen LogP contribution is 2.23. The van der Waals surface area contributed by atoms with Gasteiger partial charge in [-0.2, -0.15) is 0 Å². The van der Waals surface area contributed by atoms with E-state index in [2.05, 4.69) is 0 Å². The van der Waals surface area contributed by atoms with Crippen molar-refractivity contribution in [2.24, 2.45) is 0 Å². The van der Waals surface area contributed by atoms with Crippen LogP contribution >= 0.6 is 0 Å². The van der Waals surface area contributed by atoms with E-state index in [0.717, 1.165) is 12.8 Å². The number of carbonyl (C=O) groups excluding carboxylic acids is 1. The molecule has 1 aliphatic rings. The van der Waals surface area contributed by atoms with Crippen LogP contribution in [-0.2, 0) is 4.84 Å². The maximum Gasteiger partial charge on any atom is 0.357 e. The normalized spacial score (nSPS) is 16.1. The van der Waals surface area contributed by atoms with Crippen LogP contribution in [0.4, 0.5) is 0 Å². The molecule has 1 aromatic rings. The first-order chi connectivity index (χ1) is 7.27. The van der Waals surface area contributed by atoms with Crippen LogP contribution in [0.5, 0.6) is 0 Å². The molecule has 3 heteroatoms. The van der Waals surface area contributed by atoms with Crippen LogP contribution in [0.25, 0.3) is 0 Å². The second-order valence-corrected chi connectivity index (χ2v) is 3.88. The number of rotatable bonds is 3. The first kappa shape index (κ1) is 10.2. The lowest BCUT2D eigenvalue weighted by atomic mass is 9.93. The highest BCUT2D eigenvalue weighted by Gasteiger charge is 2.25. The van der Waals surface area contributed by atoms with E-state index in [4.69, 9.17) is 4.84 Å². The molecule has 0 saturated heterocycles. The quantitative estimate of drug-likeness (QED) is 0.709. The summed E-state index contributed by atoms with van der Waals surface area (Å²) in [6.07, 6.45) is 3.48. The molecule has 0 unspecified atom stereocenters. The molecule has 0 radical (unpaired) electrons. The molecule has 0 bridgehead atoms. The topological polar surface area (TPSA) is 29.5 Å². The fourth-order valence-corrected chi connectivity index (χ4v) is 1.58. The Labute approximate surface area is 89.6 Å². The van der Waals surface area contributed by atoms with Gasteiger partial charge in [0, 0.05) is 13.1 Å². The van der Waals surface area contributed by atoms with Gasteiger partial charge in [0.1, 0.15) is 0 Å². The number of hydrogen-bond donors (Lipinski definition) is 0. The Morgan fingerprint density at radius 2 is 2.00 bits per heavy atom. The molecule has 0 N–H and O–H groups in total. The molecule has 0 amide bonds. The fourth-order valence-electron chi connectivity index (χ4n) is 1.58. The van der Waals surface area contributed by atoms with Crippen molar-refractivity contribution in [1.29, 1.82) is 0 Å². The highest BCUT2D eigenvalue weighted by atomic mass is 16.7. The summed E-state index contributed by atoms with van der Waals surface area (Å²) >= 11 is 0. The molecular weight excluding hydrogens is 190 g/mol. The summed E-state index contributed by atoms with van der Waals surface area (Å²) in [5, 5.41) is 1.68. The monoisotopic (exact) mass is 205 g/mol. The molecule has 15 heavy (non-hydrogen) atoms. The van der Waals surface area contributed by atoms with Gasteiger partial charge >= 0.3 is 5.97 Å². The minimum atomic E-state index is -0.273. The Hall–Kier alpha value is -1.35. The van der Waals surface area contributed by atoms with E-state index in [0.29, 0.717) is 11.6 Å². The Kier molecular flexibility index (Phi) is 3.02. The van der Waals surface area contributed by atoms with Crippen molar-refractivity contribution in [2.45, 2.75) is 25.3 Å². The van der Waals surface area contributed by atoms with Crippen LogP contribution in [-0.4, -0.2) is 24.1 Å². The average Bonchev–Trinajstić information content (AvgIpc) is 2.16. The van der Waals surface area contributed by atoms with Crippen molar-refractivity contribution >= 4 is 5.97 Å². The number of nitrogens with zero attached hydrogens (tertiary/aromatic N) is 1. The van der Waals surface area contributed by atoms with Gasteiger partial charge in [-0.1, -0.05) is 24.6 Å². The first-order valence-corrected chi connectivity index (χ1v) is 5.27. The van der Waals surface area contributed by atoms with E-state index in [9.17, 15) is 4.79 Å². The van der Waals surface area contributed by atoms with E-state index in [1.165, 1.54) is 6.42 Å². The highest BCUT2D eigenvalue weighted by molar-refractivity contribution is 5.89. The SMILES string of the molecule is CN(OC(=O)c1ccccc1)C1CCC1. The Morgan fingerprint density at radius 3 is 2.53 bits per heavy atom. The summed E-state index contributed by atoms with van der Waals surface area (Å²) in [6.45, 7) is 0. The van der Waals surface area contributed by atoms with Gasteiger partial charge < -0.3 is 4.84 Å². The zero-order valence-corrected chi connectivity index (χ0v) is 8.85. The molecule has 1 aliphatic carbocycles. The molecule has 0 atom stereocenters. The van der Waals surface area contributed by atoms with Gasteiger partial charge in [0.25, 0.3) is 0 Å². The van der Waals surface area contributed by atoms with Gasteiger partial charge in [0.2, 0.25) is 0 Å². The predicted molar refractivity (Wildman–Crippen MR) is 57.3 cm³/mol. The van der Waals surface area contributed by atoms with Crippen molar-refractivity contribution < 1.29 is 9.63 Å². The van der Waals surface area contributed by atoms with Gasteiger partial charge in [-0.15, -0.1) is 5.06 Å². The first-order valence-electron chi connectivity index (χ1n) is 5.27. The van der Waals surface area contributed by atoms with Crippen molar-refractivity contribution in [2.75, 3.05) is 7.05 Å². The third-order valence-corrected chi connectivity index (χ3v) is 2.83. The Bertz CT molecular complexity index is 333. The number of carbonyl (C=O) groups is 1. The van der Waals surface area contributed by atoms with Gasteiger partial charge in [-0.3, -0.25) is 0 Å². The second-order valence-electron chi connectivity index (χ2n) is 3.88. The van der Waals surface area contributed by atoms with Crippen LogP contribution in [0.15, 0.2) is 30.3 Å². The van der Waals surface area contributed by atoms with Crippen LogP contribution in [0.2, 0.25) is 0 Å². The standard InChI is InChI=1S/C12H15NO2/c1-13(11-8-5-9-11)15-12(14)10-6-3-2-4-7-10/h2-4,6-7,11H,5,8-9H2,1H3. The maximum atomic E-state index is 11.6. The smallest absolute Gasteiger partial charge is 0.357 e. The lowest BCUT2D eigenvalue weighted by Crippen LogP contribution is -2.38. The van der Waals surface area contributed by atoms with Crippen molar-refractivity contribution in [3.05, 3.63) is 35.9 Å². The zero-order chi connectivity index (χ0) is 10.7. The largest absolute Gasteiger partial charge is 0.364 e. The molecule has 80 valence electrons. The van der Waals surface area contributed by atoms with E-state index in [1.54, 1.807) is 17.2 Å². The van der Waals surface area contributed by atoms with Crippen molar-refractivity contribution in [3.8, 4) is 0 Å². The average molecular weight is 205 g/mol. The molecule has 1 fully saturated rings. The summed E-state index contributed by atoms with van der Waals surface area (Å²) in [7, 11) is 1.82. The minimum absolute atomic E-state index is 0.273. The molecule has 0 heterocycles. The third-order valence-electron chi connectivity index (χ3n) is 2.83. The molecular formula is C12H15NO2. The molecule has 1 aromatic carbocycles. The van der Waals surface area contributed by atoms with Crippen LogP contribution in [0, 0.1) is 0 Å². The van der Waals surface area contributed by atoms with E-state index < -0.39 is 0 Å². The molecule has 0 spiro atoms. The Balaban J connectivity index is 1.91. The molecule has 1 saturated carbocycles. The van der Waals surface area contributed by atoms with Crippen molar-refractivity contribution in [1.82, 2.24) is 5.06 Å². The zero-order valence-electron chi connectivity index (χ0n) is 8.85. The number of hydroxylamine groups is 2. The van der Waals surface area contributed by atoms with Gasteiger partial charge in [-0.25, -0.2) is 4.79 Å². The lowest BCUT2D eigenvalue weighted by molar-refractivity contribution is -0.135. The molecule has 0 aromatic heterocycles. The number of benzene rings is 1. The fraction of sp³-hybridized carbons (Fsp3) is 0.417. The van der Waals surface area contributed by atoms with Crippen LogP contribution in [0.3, 0.4) is 0 Å². The van der Waals surface area contributed by atoms with Gasteiger partial charge in [0.05, 0.1) is 5.56 Å². The maximum absolute atomic E-state index is 11.6. The summed E-state index contributed by atoms with van der Waals surface area (Å²) in [5.74, 6) is -0.273. The van der Waals surface area contributed by atoms with Gasteiger partial charge in [0.15, 0.2) is 0 Å². The van der Waals surface area contributed by atoms with E-state index in [1.807, 2.05) is 25.2 Å². The number of hydrogen-bond acceptors (Lipinski definition) is 3. The van der Waals surface area contributed by atoms with Gasteiger partial charge in [-0.05, 0) is 25.0 Å². The van der Waals surface area contributed by atoms with Crippen molar-refractivity contribution in [3.63, 3.8) is 0 Å². The molecule has 2 rings (SSSR count). The summed E-state index contributed by atoms with van der Waals surface area (Å²) in [6, 6.07) is 9.48. The summed E-state index contributed by atoms with van der Waals surface area (Å²) in [4.78, 5) is 16.9. The second kappa shape index (κ2) is 4.45. The lowest BCUT2D eigenvalue weighted by Gasteiger charge is -2.32. The minimum Gasteiger partial charge on any atom is -0.364 e. The van der Waals surface area contributed by atoms with E-state index in [-0.39, 0.29) is 5.97 Å². The van der Waals surface area contributed by atoms with Crippen LogP contribution < -0.4 is 0 Å².